The largest absolute Gasteiger partial charge is 2.00 e. The van der Waals surface area contributed by atoms with Gasteiger partial charge in [-0.2, -0.15) is 0 Å². The van der Waals surface area contributed by atoms with Gasteiger partial charge < -0.3 is 59.5 Å². The van der Waals surface area contributed by atoms with Gasteiger partial charge in [-0.15, -0.1) is 0 Å². The first-order valence-corrected chi connectivity index (χ1v) is 17.8. The first-order chi connectivity index (χ1) is 18.2. The van der Waals surface area contributed by atoms with Gasteiger partial charge in [0.1, 0.15) is 0 Å². The van der Waals surface area contributed by atoms with Crippen LogP contribution in [-0.2, 0) is 52.6 Å². The van der Waals surface area contributed by atoms with Crippen LogP contribution >= 0.6 is 24.4 Å². The number of thiocarbonyl (C=S) groups is 2. The molecule has 0 rings (SSSR count). The van der Waals surface area contributed by atoms with Gasteiger partial charge >= 0.3 is 27.3 Å². The number of rotatable bonds is 24. The van der Waals surface area contributed by atoms with E-state index in [2.05, 4.69) is 51.3 Å². The summed E-state index contributed by atoms with van der Waals surface area (Å²) < 4.78 is 1.26. The molecule has 0 aromatic carbocycles. The third-order valence-corrected chi connectivity index (χ3v) is 8.16. The zero-order valence-electron chi connectivity index (χ0n) is 26.9. The molecule has 0 atom stereocenters. The summed E-state index contributed by atoms with van der Waals surface area (Å²) in [5.74, 6) is 0. The van der Waals surface area contributed by atoms with Gasteiger partial charge in [-0.1, -0.05) is 138 Å². The van der Waals surface area contributed by atoms with Crippen molar-refractivity contribution < 1.29 is 27.3 Å². The molecule has 2 nitrogen and oxygen atoms in total. The summed E-state index contributed by atoms with van der Waals surface area (Å²) in [6, 6.07) is 0.895. The van der Waals surface area contributed by atoms with Crippen molar-refractivity contribution in [3.63, 3.8) is 0 Å². The first kappa shape index (κ1) is 44.6. The summed E-state index contributed by atoms with van der Waals surface area (Å²) >= 11 is 20.4. The Morgan fingerprint density at radius 3 is 0.846 bits per heavy atom. The average Bonchev–Trinajstić information content (AvgIpc) is 2.85. The van der Waals surface area contributed by atoms with Gasteiger partial charge in [0, 0.05) is 25.2 Å². The zero-order valence-corrected chi connectivity index (χ0v) is 34.2. The van der Waals surface area contributed by atoms with Crippen LogP contribution in [0.1, 0.15) is 170 Å². The second-order valence-electron chi connectivity index (χ2n) is 11.5. The van der Waals surface area contributed by atoms with Crippen LogP contribution in [0.15, 0.2) is 0 Å². The van der Waals surface area contributed by atoms with E-state index in [4.69, 9.17) is 49.7 Å². The van der Waals surface area contributed by atoms with Gasteiger partial charge in [0.15, 0.2) is 0 Å². The van der Waals surface area contributed by atoms with Crippen molar-refractivity contribution in [3.8, 4) is 0 Å². The molecular weight excluding hydrogens is 653 g/mol. The van der Waals surface area contributed by atoms with Crippen molar-refractivity contribution in [2.24, 2.45) is 0 Å². The van der Waals surface area contributed by atoms with Crippen molar-refractivity contribution in [1.29, 1.82) is 0 Å². The summed E-state index contributed by atoms with van der Waals surface area (Å²) in [4.78, 5) is 4.32. The molecule has 0 unspecified atom stereocenters. The normalized spacial score (nSPS) is 10.7. The molecule has 0 N–H and O–H groups in total. The average molecular weight is 718 g/mol. The Morgan fingerprint density at radius 2 is 0.667 bits per heavy atom. The van der Waals surface area contributed by atoms with Gasteiger partial charge in [0.25, 0.3) is 0 Å². The van der Waals surface area contributed by atoms with E-state index in [0.29, 0.717) is 20.7 Å². The Hall–Kier alpha value is 1.14. The second kappa shape index (κ2) is 33.6. The smallest absolute Gasteiger partial charge is 0.411 e. The van der Waals surface area contributed by atoms with Gasteiger partial charge in [0.2, 0.25) is 0 Å². The molecule has 7 heteroatoms. The third-order valence-electron chi connectivity index (χ3n) is 7.22. The topological polar surface area (TPSA) is 6.48 Å². The van der Waals surface area contributed by atoms with Gasteiger partial charge in [-0.3, -0.25) is 0 Å². The molecule has 0 amide bonds. The van der Waals surface area contributed by atoms with E-state index in [1.807, 2.05) is 0 Å². The Kier molecular flexibility index (Phi) is 38.5. The van der Waals surface area contributed by atoms with Crippen molar-refractivity contribution in [2.75, 3.05) is 13.1 Å². The van der Waals surface area contributed by atoms with Crippen LogP contribution in [0, 0.1) is 0 Å². The SMILES string of the molecule is CCCCCCCCCCCCN(C(=S)[S-])C(C)C.CCCCCCCCCCCCN(C(=S)[S-])C(C)C.[Cd+2]. The van der Waals surface area contributed by atoms with Crippen LogP contribution in [-0.4, -0.2) is 43.6 Å². The van der Waals surface area contributed by atoms with E-state index in [9.17, 15) is 0 Å². The minimum absolute atomic E-state index is 0. The predicted octanol–water partition coefficient (Wildman–Crippen LogP) is 10.9. The van der Waals surface area contributed by atoms with Gasteiger partial charge in [-0.05, 0) is 40.5 Å². The molecule has 0 saturated carbocycles. The molecule has 0 fully saturated rings. The van der Waals surface area contributed by atoms with E-state index in [0.717, 1.165) is 13.1 Å². The molecular formula is C32H64CdN2S4. The molecule has 39 heavy (non-hydrogen) atoms. The number of hydrogen-bond donors (Lipinski definition) is 0. The maximum absolute atomic E-state index is 5.10. The Bertz CT molecular complexity index is 486. The van der Waals surface area contributed by atoms with Crippen LogP contribution in [0.2, 0.25) is 0 Å². The standard InChI is InChI=1S/2C16H33NS2.Cd/c2*1-4-5-6-7-8-9-10-11-12-13-14-17(15(2)3)16(18)19;/h2*15H,4-14H2,1-3H3,(H,18,19);/q;;+2/p-2. The van der Waals surface area contributed by atoms with E-state index < -0.39 is 0 Å². The van der Waals surface area contributed by atoms with Gasteiger partial charge in [0.05, 0.1) is 0 Å². The molecule has 0 saturated heterocycles. The van der Waals surface area contributed by atoms with Gasteiger partial charge in [-0.25, -0.2) is 0 Å². The van der Waals surface area contributed by atoms with Crippen LogP contribution < -0.4 is 0 Å². The maximum Gasteiger partial charge on any atom is 2.00 e. The maximum atomic E-state index is 5.10. The molecule has 0 aromatic rings. The summed E-state index contributed by atoms with van der Waals surface area (Å²) in [5.41, 5.74) is 0. The molecule has 0 aromatic heterocycles. The monoisotopic (exact) mass is 718 g/mol. The molecule has 0 radical (unpaired) electrons. The van der Waals surface area contributed by atoms with Crippen molar-refractivity contribution in [1.82, 2.24) is 9.80 Å². The quantitative estimate of drug-likeness (QED) is 0.0422. The molecule has 0 bridgehead atoms. The van der Waals surface area contributed by atoms with E-state index in [1.165, 1.54) is 128 Å². The molecule has 0 aliphatic carbocycles. The first-order valence-electron chi connectivity index (χ1n) is 16.1. The predicted molar refractivity (Wildman–Crippen MR) is 187 cm³/mol. The Balaban J connectivity index is -0.000000648. The fourth-order valence-electron chi connectivity index (χ4n) is 4.66. The minimum atomic E-state index is 0. The van der Waals surface area contributed by atoms with Crippen LogP contribution in [0.4, 0.5) is 0 Å². The van der Waals surface area contributed by atoms with E-state index in [-0.39, 0.29) is 27.3 Å². The molecule has 0 heterocycles. The van der Waals surface area contributed by atoms with Crippen molar-refractivity contribution >= 4 is 58.3 Å². The summed E-state index contributed by atoms with van der Waals surface area (Å²) in [6.45, 7) is 15.3. The Labute approximate surface area is 288 Å². The van der Waals surface area contributed by atoms with E-state index in [1.54, 1.807) is 0 Å². The van der Waals surface area contributed by atoms with Crippen LogP contribution in [0.5, 0.6) is 0 Å². The molecule has 0 spiro atoms. The van der Waals surface area contributed by atoms with Crippen molar-refractivity contribution in [3.05, 3.63) is 0 Å². The minimum Gasteiger partial charge on any atom is -0.411 e. The molecule has 228 valence electrons. The fraction of sp³-hybridized carbons (Fsp3) is 0.938. The zero-order chi connectivity index (χ0) is 29.0. The number of unbranched alkanes of at least 4 members (excludes halogenated alkanes) is 18. The fourth-order valence-corrected chi connectivity index (χ4v) is 5.87. The Morgan fingerprint density at radius 1 is 0.462 bits per heavy atom. The summed E-state index contributed by atoms with van der Waals surface area (Å²) in [6.07, 6.45) is 27.5. The summed E-state index contributed by atoms with van der Waals surface area (Å²) in [5, 5.41) is 0. The number of nitrogens with zero attached hydrogens (tertiary/aromatic N) is 2. The van der Waals surface area contributed by atoms with Crippen LogP contribution in [0.25, 0.3) is 0 Å². The third kappa shape index (κ3) is 31.9. The molecule has 0 aliphatic heterocycles. The second-order valence-corrected chi connectivity index (χ2v) is 13.5. The van der Waals surface area contributed by atoms with Crippen molar-refractivity contribution in [2.45, 2.75) is 182 Å². The summed E-state index contributed by atoms with van der Waals surface area (Å²) in [7, 11) is 0. The van der Waals surface area contributed by atoms with E-state index >= 15 is 0 Å². The van der Waals surface area contributed by atoms with Crippen LogP contribution in [0.3, 0.4) is 0 Å². The molecule has 0 aliphatic rings. The number of hydrogen-bond acceptors (Lipinski definition) is 4.